The van der Waals surface area contributed by atoms with Crippen LogP contribution in [0.1, 0.15) is 90.8 Å². The Morgan fingerprint density at radius 3 is 2.59 bits per heavy atom. The van der Waals surface area contributed by atoms with Crippen LogP contribution in [0.4, 0.5) is 0 Å². The molecule has 0 saturated carbocycles. The van der Waals surface area contributed by atoms with Crippen LogP contribution in [-0.4, -0.2) is 45.8 Å². The molecule has 2 saturated heterocycles. The number of carbonyl (C=O) groups is 2. The van der Waals surface area contributed by atoms with E-state index in [0.29, 0.717) is 12.3 Å². The third kappa shape index (κ3) is 6.55. The normalized spacial score (nSPS) is 36.0. The number of cyclic esters (lactones) is 1. The number of thiazole rings is 1. The molecule has 3 heterocycles. The van der Waals surface area contributed by atoms with Crippen molar-refractivity contribution in [3.63, 3.8) is 0 Å². The van der Waals surface area contributed by atoms with Gasteiger partial charge in [-0.3, -0.25) is 9.59 Å². The summed E-state index contributed by atoms with van der Waals surface area (Å²) in [6.45, 7) is 13.6. The fourth-order valence-corrected chi connectivity index (χ4v) is 5.72. The maximum Gasteiger partial charge on any atom is 0.309 e. The molecule has 3 rings (SSSR count). The summed E-state index contributed by atoms with van der Waals surface area (Å²) in [5.74, 6) is -0.277. The molecule has 0 bridgehead atoms. The summed E-state index contributed by atoms with van der Waals surface area (Å²) in [7, 11) is 0. The summed E-state index contributed by atoms with van der Waals surface area (Å²) >= 11 is 1.58. The highest BCUT2D eigenvalue weighted by atomic mass is 32.1. The summed E-state index contributed by atoms with van der Waals surface area (Å²) < 4.78 is 12.0. The molecule has 6 atom stereocenters. The number of epoxide rings is 1. The van der Waals surface area contributed by atoms with Crippen LogP contribution >= 0.6 is 11.3 Å². The topological polar surface area (TPSA) is 89.0 Å². The Balaban J connectivity index is 1.83. The van der Waals surface area contributed by atoms with Gasteiger partial charge in [-0.15, -0.1) is 11.3 Å². The number of Topliss-reactive ketones (excluding diaryl/α,β-unsaturated/α-hetero) is 1. The van der Waals surface area contributed by atoms with Gasteiger partial charge in [0.2, 0.25) is 0 Å². The Kier molecular flexibility index (Phi) is 8.42. The largest absolute Gasteiger partial charge is 0.458 e. The number of fused-ring (bicyclic) bond motifs is 1. The van der Waals surface area contributed by atoms with Gasteiger partial charge in [-0.25, -0.2) is 4.98 Å². The molecule has 0 radical (unpaired) electrons. The number of carbonyl (C=O) groups excluding carboxylic acids is 2. The lowest BCUT2D eigenvalue weighted by Gasteiger charge is -2.32. The number of aryl methyl sites for hydroxylation is 1. The minimum atomic E-state index is -1.10. The second kappa shape index (κ2) is 10.6. The van der Waals surface area contributed by atoms with Crippen LogP contribution in [0.5, 0.6) is 0 Å². The van der Waals surface area contributed by atoms with Gasteiger partial charge in [-0.1, -0.05) is 40.5 Å². The van der Waals surface area contributed by atoms with Crippen LogP contribution in [0.25, 0.3) is 6.08 Å². The number of nitrogens with zero attached hydrogens (tertiary/aromatic N) is 1. The van der Waals surface area contributed by atoms with E-state index in [4.69, 9.17) is 9.47 Å². The van der Waals surface area contributed by atoms with Gasteiger partial charge in [-0.2, -0.15) is 0 Å². The highest BCUT2D eigenvalue weighted by molar-refractivity contribution is 7.09. The van der Waals surface area contributed by atoms with Gasteiger partial charge < -0.3 is 14.6 Å². The molecule has 1 N–H and O–H groups in total. The number of esters is 1. The molecule has 7 heteroatoms. The van der Waals surface area contributed by atoms with Crippen molar-refractivity contribution in [2.45, 2.75) is 111 Å². The van der Waals surface area contributed by atoms with Crippen molar-refractivity contribution in [1.82, 2.24) is 4.98 Å². The number of rotatable bonds is 2. The van der Waals surface area contributed by atoms with Gasteiger partial charge in [-0.05, 0) is 51.2 Å². The van der Waals surface area contributed by atoms with E-state index in [9.17, 15) is 14.7 Å². The molecular weight excluding hydrogens is 450 g/mol. The van der Waals surface area contributed by atoms with E-state index in [1.54, 1.807) is 25.2 Å². The molecule has 0 spiro atoms. The molecule has 6 nitrogen and oxygen atoms in total. The second-order valence-electron chi connectivity index (χ2n) is 11.3. The van der Waals surface area contributed by atoms with Gasteiger partial charge in [0.25, 0.3) is 0 Å². The SMILES string of the molecule is CC(=Cc1csc(C)n1)C1CC2OC2(C)CCCC(C)CC(C)C(=O)C(C)(C)C(O)CC(=O)O1. The summed E-state index contributed by atoms with van der Waals surface area (Å²) in [5, 5.41) is 13.8. The monoisotopic (exact) mass is 491 g/mol. The van der Waals surface area contributed by atoms with Crippen molar-refractivity contribution in [3.05, 3.63) is 21.7 Å². The van der Waals surface area contributed by atoms with Gasteiger partial charge >= 0.3 is 5.97 Å². The zero-order valence-corrected chi connectivity index (χ0v) is 22.5. The Morgan fingerprint density at radius 2 is 1.94 bits per heavy atom. The number of ether oxygens (including phenoxy) is 2. The Labute approximate surface area is 208 Å². The second-order valence-corrected chi connectivity index (χ2v) is 12.3. The molecule has 6 unspecified atom stereocenters. The highest BCUT2D eigenvalue weighted by Gasteiger charge is 2.52. The zero-order valence-electron chi connectivity index (χ0n) is 21.7. The van der Waals surface area contributed by atoms with Gasteiger partial charge in [0.15, 0.2) is 0 Å². The van der Waals surface area contributed by atoms with Gasteiger partial charge in [0.05, 0.1) is 40.3 Å². The molecule has 2 aliphatic rings. The van der Waals surface area contributed by atoms with Crippen LogP contribution in [-0.2, 0) is 19.1 Å². The molecule has 190 valence electrons. The Hall–Kier alpha value is -1.57. The van der Waals surface area contributed by atoms with Crippen molar-refractivity contribution in [2.75, 3.05) is 0 Å². The molecule has 2 fully saturated rings. The average molecular weight is 492 g/mol. The molecule has 0 aliphatic carbocycles. The number of ketones is 1. The number of aliphatic hydroxyl groups is 1. The number of aliphatic hydroxyl groups excluding tert-OH is 1. The fraction of sp³-hybridized carbons (Fsp3) is 0.741. The number of hydrogen-bond donors (Lipinski definition) is 1. The molecule has 1 aromatic heterocycles. The molecule has 1 aromatic rings. The van der Waals surface area contributed by atoms with E-state index in [0.717, 1.165) is 42.0 Å². The van der Waals surface area contributed by atoms with Crippen LogP contribution in [0.3, 0.4) is 0 Å². The molecule has 0 amide bonds. The lowest BCUT2D eigenvalue weighted by Crippen LogP contribution is -2.42. The molecule has 34 heavy (non-hydrogen) atoms. The minimum Gasteiger partial charge on any atom is -0.458 e. The van der Waals surface area contributed by atoms with Crippen molar-refractivity contribution < 1.29 is 24.2 Å². The molecular formula is C27H41NO5S. The third-order valence-electron chi connectivity index (χ3n) is 7.66. The first kappa shape index (κ1) is 27.0. The van der Waals surface area contributed by atoms with Crippen LogP contribution < -0.4 is 0 Å². The molecule has 2 aliphatic heterocycles. The first-order chi connectivity index (χ1) is 15.8. The zero-order chi connectivity index (χ0) is 25.3. The van der Waals surface area contributed by atoms with Gasteiger partial charge in [0.1, 0.15) is 11.9 Å². The smallest absolute Gasteiger partial charge is 0.309 e. The predicted octanol–water partition coefficient (Wildman–Crippen LogP) is 5.51. The van der Waals surface area contributed by atoms with Crippen LogP contribution in [0.2, 0.25) is 0 Å². The van der Waals surface area contributed by atoms with Crippen LogP contribution in [0.15, 0.2) is 11.0 Å². The maximum atomic E-state index is 13.2. The van der Waals surface area contributed by atoms with Gasteiger partial charge in [0, 0.05) is 17.7 Å². The Morgan fingerprint density at radius 1 is 1.24 bits per heavy atom. The average Bonchev–Trinajstić information content (AvgIpc) is 3.18. The van der Waals surface area contributed by atoms with Crippen molar-refractivity contribution >= 4 is 29.2 Å². The van der Waals surface area contributed by atoms with E-state index >= 15 is 0 Å². The molecule has 0 aromatic carbocycles. The van der Waals surface area contributed by atoms with Crippen molar-refractivity contribution in [1.29, 1.82) is 0 Å². The summed E-state index contributed by atoms with van der Waals surface area (Å²) in [4.78, 5) is 30.6. The van der Waals surface area contributed by atoms with E-state index in [-0.39, 0.29) is 29.8 Å². The standard InChI is InChI=1S/C27H41NO5S/c1-16-9-8-10-27(7)23(33-27)13-21(17(2)12-20-15-34-19(4)28-20)32-24(30)14-22(29)26(5,6)25(31)18(3)11-16/h12,15-16,18,21-23,29H,8-11,13-14H2,1-7H3. The third-order valence-corrected chi connectivity index (χ3v) is 8.45. The first-order valence-electron chi connectivity index (χ1n) is 12.5. The van der Waals surface area contributed by atoms with E-state index in [2.05, 4.69) is 18.8 Å². The fourth-order valence-electron chi connectivity index (χ4n) is 5.15. The number of aromatic nitrogens is 1. The van der Waals surface area contributed by atoms with E-state index in [1.807, 2.05) is 32.2 Å². The summed E-state index contributed by atoms with van der Waals surface area (Å²) in [6.07, 6.45) is 4.53. The lowest BCUT2D eigenvalue weighted by molar-refractivity contribution is -0.153. The highest BCUT2D eigenvalue weighted by Crippen LogP contribution is 2.45. The Bertz CT molecular complexity index is 922. The summed E-state index contributed by atoms with van der Waals surface area (Å²) in [6, 6.07) is 0. The minimum absolute atomic E-state index is 0.00387. The quantitative estimate of drug-likeness (QED) is 0.434. The van der Waals surface area contributed by atoms with E-state index < -0.39 is 23.6 Å². The van der Waals surface area contributed by atoms with Crippen LogP contribution in [0, 0.1) is 24.2 Å². The lowest BCUT2D eigenvalue weighted by atomic mass is 9.74. The first-order valence-corrected chi connectivity index (χ1v) is 13.4. The van der Waals surface area contributed by atoms with Crippen molar-refractivity contribution in [3.8, 4) is 0 Å². The summed E-state index contributed by atoms with van der Waals surface area (Å²) in [5.41, 5.74) is 0.510. The predicted molar refractivity (Wildman–Crippen MR) is 134 cm³/mol. The number of hydrogen-bond acceptors (Lipinski definition) is 7. The van der Waals surface area contributed by atoms with E-state index in [1.165, 1.54) is 0 Å². The van der Waals surface area contributed by atoms with Crippen molar-refractivity contribution in [2.24, 2.45) is 17.3 Å². The maximum absolute atomic E-state index is 13.2.